The summed E-state index contributed by atoms with van der Waals surface area (Å²) in [6.07, 6.45) is 7.24. The van der Waals surface area contributed by atoms with Gasteiger partial charge in [0.05, 0.1) is 12.6 Å². The maximum atomic E-state index is 12.5. The summed E-state index contributed by atoms with van der Waals surface area (Å²) in [6.45, 7) is 0.0314. The fraction of sp³-hybridized carbons (Fsp3) is 0.417. The Hall–Kier alpha value is -2.62. The fourth-order valence-corrected chi connectivity index (χ4v) is 3.94. The Morgan fingerprint density at radius 1 is 0.857 bits per heavy atom. The third-order valence-corrected chi connectivity index (χ3v) is 5.46. The third-order valence-electron chi connectivity index (χ3n) is 5.46. The van der Waals surface area contributed by atoms with Gasteiger partial charge < -0.3 is 10.6 Å². The quantitative estimate of drug-likeness (QED) is 0.724. The molecule has 1 aliphatic carbocycles. The topological polar surface area (TPSA) is 58.2 Å². The van der Waals surface area contributed by atoms with Gasteiger partial charge in [-0.05, 0) is 36.3 Å². The molecule has 1 unspecified atom stereocenters. The van der Waals surface area contributed by atoms with Crippen LogP contribution in [0.5, 0.6) is 0 Å². The first kappa shape index (κ1) is 20.1. The highest BCUT2D eigenvalue weighted by atomic mass is 16.2. The standard InChI is InChI=1S/C24H30N2O2/c27-23(17-20-12-6-2-7-13-20)25-18-24(28)26-22(21-14-8-3-9-15-21)16-19-10-4-1-5-11-19/h1,3-5,8-11,14-15,20,22H,2,6-7,12-13,16-18H2,(H,25,27)(H,26,28). The van der Waals surface area contributed by atoms with Crippen LogP contribution in [0.15, 0.2) is 60.7 Å². The highest BCUT2D eigenvalue weighted by Crippen LogP contribution is 2.26. The molecule has 0 heterocycles. The van der Waals surface area contributed by atoms with E-state index in [1.165, 1.54) is 19.3 Å². The van der Waals surface area contributed by atoms with Crippen molar-refractivity contribution in [2.45, 2.75) is 51.0 Å². The first-order valence-corrected chi connectivity index (χ1v) is 10.4. The zero-order chi connectivity index (χ0) is 19.6. The molecule has 4 nitrogen and oxygen atoms in total. The number of carbonyl (C=O) groups is 2. The number of rotatable bonds is 8. The van der Waals surface area contributed by atoms with Gasteiger partial charge in [-0.2, -0.15) is 0 Å². The van der Waals surface area contributed by atoms with Crippen molar-refractivity contribution in [1.29, 1.82) is 0 Å². The Morgan fingerprint density at radius 2 is 1.50 bits per heavy atom. The molecule has 0 radical (unpaired) electrons. The molecule has 28 heavy (non-hydrogen) atoms. The summed E-state index contributed by atoms with van der Waals surface area (Å²) in [6, 6.07) is 20.0. The van der Waals surface area contributed by atoms with Gasteiger partial charge in [0, 0.05) is 6.42 Å². The molecule has 2 aromatic carbocycles. The van der Waals surface area contributed by atoms with Crippen molar-refractivity contribution < 1.29 is 9.59 Å². The molecule has 1 aliphatic rings. The van der Waals surface area contributed by atoms with Gasteiger partial charge >= 0.3 is 0 Å². The zero-order valence-electron chi connectivity index (χ0n) is 16.4. The molecule has 148 valence electrons. The maximum Gasteiger partial charge on any atom is 0.239 e. The van der Waals surface area contributed by atoms with Crippen LogP contribution in [0.25, 0.3) is 0 Å². The van der Waals surface area contributed by atoms with Crippen LogP contribution in [-0.4, -0.2) is 18.4 Å². The average molecular weight is 379 g/mol. The Bertz CT molecular complexity index is 740. The van der Waals surface area contributed by atoms with E-state index in [1.54, 1.807) is 0 Å². The maximum absolute atomic E-state index is 12.5. The first-order chi connectivity index (χ1) is 13.7. The van der Waals surface area contributed by atoms with Crippen molar-refractivity contribution in [3.05, 3.63) is 71.8 Å². The largest absolute Gasteiger partial charge is 0.347 e. The first-order valence-electron chi connectivity index (χ1n) is 10.4. The number of hydrogen-bond donors (Lipinski definition) is 2. The highest BCUT2D eigenvalue weighted by Gasteiger charge is 2.19. The summed E-state index contributed by atoms with van der Waals surface area (Å²) in [7, 11) is 0. The van der Waals surface area contributed by atoms with Gasteiger partial charge in [-0.3, -0.25) is 9.59 Å². The lowest BCUT2D eigenvalue weighted by Crippen LogP contribution is -2.39. The molecular formula is C24H30N2O2. The lowest BCUT2D eigenvalue weighted by Gasteiger charge is -2.21. The lowest BCUT2D eigenvalue weighted by molar-refractivity contribution is -0.127. The second-order valence-electron chi connectivity index (χ2n) is 7.71. The predicted molar refractivity (Wildman–Crippen MR) is 112 cm³/mol. The molecule has 1 saturated carbocycles. The number of carbonyl (C=O) groups excluding carboxylic acids is 2. The molecule has 0 saturated heterocycles. The third kappa shape index (κ3) is 6.52. The molecule has 1 atom stereocenters. The van der Waals surface area contributed by atoms with Crippen LogP contribution >= 0.6 is 0 Å². The van der Waals surface area contributed by atoms with Crippen molar-refractivity contribution in [2.24, 2.45) is 5.92 Å². The Balaban J connectivity index is 1.52. The van der Waals surface area contributed by atoms with Crippen LogP contribution in [0.2, 0.25) is 0 Å². The van der Waals surface area contributed by atoms with Gasteiger partial charge in [0.15, 0.2) is 0 Å². The van der Waals surface area contributed by atoms with Crippen molar-refractivity contribution in [2.75, 3.05) is 6.54 Å². The van der Waals surface area contributed by atoms with E-state index in [-0.39, 0.29) is 24.4 Å². The average Bonchev–Trinajstić information content (AvgIpc) is 2.74. The Kier molecular flexibility index (Phi) is 7.65. The molecule has 4 heteroatoms. The van der Waals surface area contributed by atoms with E-state index in [2.05, 4.69) is 22.8 Å². The highest BCUT2D eigenvalue weighted by molar-refractivity contribution is 5.85. The second-order valence-corrected chi connectivity index (χ2v) is 7.71. The number of amides is 2. The molecule has 2 amide bonds. The van der Waals surface area contributed by atoms with Gasteiger partial charge in [-0.25, -0.2) is 0 Å². The normalized spacial score (nSPS) is 15.6. The molecule has 2 aromatic rings. The summed E-state index contributed by atoms with van der Waals surface area (Å²) >= 11 is 0. The number of nitrogens with one attached hydrogen (secondary N) is 2. The zero-order valence-corrected chi connectivity index (χ0v) is 16.4. The smallest absolute Gasteiger partial charge is 0.239 e. The van der Waals surface area contributed by atoms with Crippen LogP contribution in [0.1, 0.15) is 55.7 Å². The molecule has 0 aromatic heterocycles. The minimum Gasteiger partial charge on any atom is -0.347 e. The van der Waals surface area contributed by atoms with Gasteiger partial charge in [-0.15, -0.1) is 0 Å². The SMILES string of the molecule is O=C(CC1CCCCC1)NCC(=O)NC(Cc1ccccc1)c1ccccc1. The molecule has 1 fully saturated rings. The Labute approximate surface area is 167 Å². The van der Waals surface area contributed by atoms with Crippen molar-refractivity contribution in [3.8, 4) is 0 Å². The summed E-state index contributed by atoms with van der Waals surface area (Å²) in [5.74, 6) is 0.315. The minimum absolute atomic E-state index is 0.0126. The Morgan fingerprint density at radius 3 is 2.18 bits per heavy atom. The molecule has 0 spiro atoms. The van der Waals surface area contributed by atoms with Crippen LogP contribution in [0, 0.1) is 5.92 Å². The summed E-state index contributed by atoms with van der Waals surface area (Å²) in [4.78, 5) is 24.7. The number of hydrogen-bond acceptors (Lipinski definition) is 2. The van der Waals surface area contributed by atoms with E-state index in [1.807, 2.05) is 48.5 Å². The van der Waals surface area contributed by atoms with Gasteiger partial charge in [0.1, 0.15) is 0 Å². The molecule has 0 aliphatic heterocycles. The van der Waals surface area contributed by atoms with Crippen LogP contribution in [0.4, 0.5) is 0 Å². The molecule has 2 N–H and O–H groups in total. The van der Waals surface area contributed by atoms with Gasteiger partial charge in [0.25, 0.3) is 0 Å². The summed E-state index contributed by atoms with van der Waals surface area (Å²) in [5.41, 5.74) is 2.23. The van der Waals surface area contributed by atoms with E-state index in [4.69, 9.17) is 0 Å². The summed E-state index contributed by atoms with van der Waals surface area (Å²) in [5, 5.41) is 5.89. The van der Waals surface area contributed by atoms with Crippen molar-refractivity contribution >= 4 is 11.8 Å². The van der Waals surface area contributed by atoms with Gasteiger partial charge in [-0.1, -0.05) is 79.9 Å². The van der Waals surface area contributed by atoms with E-state index >= 15 is 0 Å². The van der Waals surface area contributed by atoms with Crippen molar-refractivity contribution in [1.82, 2.24) is 10.6 Å². The monoisotopic (exact) mass is 378 g/mol. The van der Waals surface area contributed by atoms with Crippen LogP contribution in [0.3, 0.4) is 0 Å². The lowest BCUT2D eigenvalue weighted by atomic mass is 9.87. The van der Waals surface area contributed by atoms with Crippen molar-refractivity contribution in [3.63, 3.8) is 0 Å². The van der Waals surface area contributed by atoms with E-state index in [9.17, 15) is 9.59 Å². The van der Waals surface area contributed by atoms with Crippen LogP contribution < -0.4 is 10.6 Å². The fourth-order valence-electron chi connectivity index (χ4n) is 3.94. The van der Waals surface area contributed by atoms with E-state index < -0.39 is 0 Å². The van der Waals surface area contributed by atoms with Crippen LogP contribution in [-0.2, 0) is 16.0 Å². The van der Waals surface area contributed by atoms with E-state index in [0.717, 1.165) is 24.0 Å². The minimum atomic E-state index is -0.151. The predicted octanol–water partition coefficient (Wildman–Crippen LogP) is 4.17. The van der Waals surface area contributed by atoms with Gasteiger partial charge in [0.2, 0.25) is 11.8 Å². The number of benzene rings is 2. The second kappa shape index (κ2) is 10.6. The molecule has 3 rings (SSSR count). The van der Waals surface area contributed by atoms with E-state index in [0.29, 0.717) is 18.8 Å². The summed E-state index contributed by atoms with van der Waals surface area (Å²) < 4.78 is 0. The molecular weight excluding hydrogens is 348 g/mol. The molecule has 0 bridgehead atoms.